The van der Waals surface area contributed by atoms with E-state index in [2.05, 4.69) is 14.9 Å². The number of hydrogen-bond acceptors (Lipinski definition) is 4. The highest BCUT2D eigenvalue weighted by Crippen LogP contribution is 2.31. The van der Waals surface area contributed by atoms with Gasteiger partial charge in [-0.15, -0.1) is 0 Å². The van der Waals surface area contributed by atoms with E-state index in [1.165, 1.54) is 4.68 Å². The number of rotatable bonds is 5. The Kier molecular flexibility index (Phi) is 6.11. The highest BCUT2D eigenvalue weighted by molar-refractivity contribution is 6.30. The molecule has 1 aromatic heterocycles. The molecule has 0 bridgehead atoms. The number of nitrogens with zero attached hydrogens (tertiary/aromatic N) is 4. The van der Waals surface area contributed by atoms with Gasteiger partial charge >= 0.3 is 6.18 Å². The van der Waals surface area contributed by atoms with Crippen LogP contribution < -0.4 is 9.64 Å². The van der Waals surface area contributed by atoms with Crippen LogP contribution in [-0.2, 0) is 12.7 Å². The van der Waals surface area contributed by atoms with Crippen molar-refractivity contribution in [1.82, 2.24) is 14.7 Å². The Bertz CT molecular complexity index is 1050. The van der Waals surface area contributed by atoms with Crippen molar-refractivity contribution < 1.29 is 17.9 Å². The number of piperazine rings is 1. The lowest BCUT2D eigenvalue weighted by molar-refractivity contribution is -0.141. The van der Waals surface area contributed by atoms with Crippen LogP contribution in [0.2, 0.25) is 5.02 Å². The van der Waals surface area contributed by atoms with Crippen molar-refractivity contribution in [1.29, 1.82) is 0 Å². The Labute approximate surface area is 183 Å². The van der Waals surface area contributed by atoms with E-state index in [0.717, 1.165) is 30.6 Å². The second-order valence-electron chi connectivity index (χ2n) is 7.35. The van der Waals surface area contributed by atoms with Gasteiger partial charge < -0.3 is 9.64 Å². The number of anilines is 1. The molecule has 0 spiro atoms. The Hall–Kier alpha value is -2.71. The van der Waals surface area contributed by atoms with Crippen LogP contribution in [0.3, 0.4) is 0 Å². The molecule has 5 nitrogen and oxygen atoms in total. The summed E-state index contributed by atoms with van der Waals surface area (Å²) in [4.78, 5) is 4.36. The summed E-state index contributed by atoms with van der Waals surface area (Å²) in [7, 11) is 1.64. The van der Waals surface area contributed by atoms with Crippen molar-refractivity contribution in [2.75, 3.05) is 38.2 Å². The molecule has 0 radical (unpaired) electrons. The Morgan fingerprint density at radius 3 is 2.42 bits per heavy atom. The van der Waals surface area contributed by atoms with Gasteiger partial charge in [0.15, 0.2) is 5.69 Å². The molecule has 2 heterocycles. The second kappa shape index (κ2) is 8.80. The van der Waals surface area contributed by atoms with E-state index >= 15 is 0 Å². The SMILES string of the molecule is COc1ccccc1N1CCN(Cc2cc(C(F)(F)F)nn2-c2cccc(Cl)c2)CC1. The molecule has 0 amide bonds. The molecule has 1 aliphatic rings. The molecule has 0 saturated carbocycles. The minimum Gasteiger partial charge on any atom is -0.495 e. The van der Waals surface area contributed by atoms with Gasteiger partial charge in [0.1, 0.15) is 5.75 Å². The quantitative estimate of drug-likeness (QED) is 0.555. The largest absolute Gasteiger partial charge is 0.495 e. The number of methoxy groups -OCH3 is 1. The van der Waals surface area contributed by atoms with E-state index in [4.69, 9.17) is 16.3 Å². The molecule has 1 fully saturated rings. The zero-order valence-corrected chi connectivity index (χ0v) is 17.7. The van der Waals surface area contributed by atoms with Gasteiger partial charge in [0.05, 0.1) is 24.2 Å². The van der Waals surface area contributed by atoms with E-state index < -0.39 is 11.9 Å². The van der Waals surface area contributed by atoms with Crippen molar-refractivity contribution >= 4 is 17.3 Å². The van der Waals surface area contributed by atoms with Crippen molar-refractivity contribution in [2.45, 2.75) is 12.7 Å². The van der Waals surface area contributed by atoms with Gasteiger partial charge in [-0.25, -0.2) is 4.68 Å². The fourth-order valence-corrected chi connectivity index (χ4v) is 3.95. The standard InChI is InChI=1S/C22H22ClF3N4O/c1-31-20-8-3-2-7-19(20)29-11-9-28(10-12-29)15-18-14-21(22(24,25)26)27-30(18)17-6-4-5-16(23)13-17/h2-8,13-14H,9-12,15H2,1H3. The number of ether oxygens (including phenoxy) is 1. The average molecular weight is 451 g/mol. The number of hydrogen-bond donors (Lipinski definition) is 0. The van der Waals surface area contributed by atoms with Crippen molar-refractivity contribution in [3.05, 3.63) is 71.0 Å². The van der Waals surface area contributed by atoms with Crippen LogP contribution in [0.1, 0.15) is 11.4 Å². The molecule has 1 aliphatic heterocycles. The third-order valence-electron chi connectivity index (χ3n) is 5.31. The maximum absolute atomic E-state index is 13.3. The third kappa shape index (κ3) is 4.80. The summed E-state index contributed by atoms with van der Waals surface area (Å²) in [6.45, 7) is 3.27. The molecule has 0 N–H and O–H groups in total. The van der Waals surface area contributed by atoms with Gasteiger partial charge in [0, 0.05) is 37.7 Å². The lowest BCUT2D eigenvalue weighted by Gasteiger charge is -2.36. The monoisotopic (exact) mass is 450 g/mol. The van der Waals surface area contributed by atoms with Gasteiger partial charge in [-0.05, 0) is 36.4 Å². The molecule has 0 aliphatic carbocycles. The number of benzene rings is 2. The molecule has 0 atom stereocenters. The molecule has 3 aromatic rings. The number of alkyl halides is 3. The highest BCUT2D eigenvalue weighted by Gasteiger charge is 2.35. The average Bonchev–Trinajstić information content (AvgIpc) is 3.19. The first-order valence-corrected chi connectivity index (χ1v) is 10.3. The summed E-state index contributed by atoms with van der Waals surface area (Å²) >= 11 is 6.05. The van der Waals surface area contributed by atoms with E-state index in [1.807, 2.05) is 24.3 Å². The maximum atomic E-state index is 13.3. The fourth-order valence-electron chi connectivity index (χ4n) is 3.77. The Morgan fingerprint density at radius 2 is 1.74 bits per heavy atom. The first-order chi connectivity index (χ1) is 14.8. The fraction of sp³-hybridized carbons (Fsp3) is 0.318. The molecule has 9 heteroatoms. The Morgan fingerprint density at radius 1 is 1.00 bits per heavy atom. The minimum atomic E-state index is -4.51. The first kappa shape index (κ1) is 21.5. The number of aromatic nitrogens is 2. The first-order valence-electron chi connectivity index (χ1n) is 9.87. The van der Waals surface area contributed by atoms with Crippen LogP contribution >= 0.6 is 11.6 Å². The number of para-hydroxylation sites is 2. The Balaban J connectivity index is 1.53. The molecule has 1 saturated heterocycles. The lowest BCUT2D eigenvalue weighted by atomic mass is 10.2. The van der Waals surface area contributed by atoms with Gasteiger partial charge in [-0.2, -0.15) is 18.3 Å². The van der Waals surface area contributed by atoms with Crippen molar-refractivity contribution in [3.63, 3.8) is 0 Å². The van der Waals surface area contributed by atoms with E-state index in [1.54, 1.807) is 31.4 Å². The topological polar surface area (TPSA) is 33.5 Å². The van der Waals surface area contributed by atoms with Crippen LogP contribution in [0, 0.1) is 0 Å². The molecule has 4 rings (SSSR count). The van der Waals surface area contributed by atoms with Crippen LogP contribution in [0.15, 0.2) is 54.6 Å². The van der Waals surface area contributed by atoms with Crippen molar-refractivity contribution in [3.8, 4) is 11.4 Å². The summed E-state index contributed by atoms with van der Waals surface area (Å²) in [6.07, 6.45) is -4.51. The zero-order chi connectivity index (χ0) is 22.0. The zero-order valence-electron chi connectivity index (χ0n) is 16.9. The van der Waals surface area contributed by atoms with Crippen molar-refractivity contribution in [2.24, 2.45) is 0 Å². The molecule has 31 heavy (non-hydrogen) atoms. The molecular weight excluding hydrogens is 429 g/mol. The van der Waals surface area contributed by atoms with E-state index in [-0.39, 0.29) is 0 Å². The summed E-state index contributed by atoms with van der Waals surface area (Å²) < 4.78 is 46.8. The maximum Gasteiger partial charge on any atom is 0.435 e. The van der Waals surface area contributed by atoms with Crippen LogP contribution in [0.5, 0.6) is 5.75 Å². The van der Waals surface area contributed by atoms with Gasteiger partial charge in [-0.1, -0.05) is 29.8 Å². The second-order valence-corrected chi connectivity index (χ2v) is 7.78. The summed E-state index contributed by atoms with van der Waals surface area (Å²) in [5.74, 6) is 0.810. The van der Waals surface area contributed by atoms with Gasteiger partial charge in [-0.3, -0.25) is 4.90 Å². The van der Waals surface area contributed by atoms with E-state index in [0.29, 0.717) is 36.0 Å². The molecule has 2 aromatic carbocycles. The smallest absolute Gasteiger partial charge is 0.435 e. The number of halogens is 4. The van der Waals surface area contributed by atoms with E-state index in [9.17, 15) is 13.2 Å². The molecular formula is C22H22ClF3N4O. The van der Waals surface area contributed by atoms with Gasteiger partial charge in [0.25, 0.3) is 0 Å². The molecule has 164 valence electrons. The van der Waals surface area contributed by atoms with Crippen LogP contribution in [-0.4, -0.2) is 48.0 Å². The highest BCUT2D eigenvalue weighted by atomic mass is 35.5. The predicted molar refractivity (Wildman–Crippen MR) is 114 cm³/mol. The molecule has 0 unspecified atom stereocenters. The predicted octanol–water partition coefficient (Wildman–Crippen LogP) is 4.88. The third-order valence-corrected chi connectivity index (χ3v) is 5.55. The minimum absolute atomic E-state index is 0.357. The van der Waals surface area contributed by atoms with Crippen LogP contribution in [0.25, 0.3) is 5.69 Å². The summed E-state index contributed by atoms with van der Waals surface area (Å²) in [6, 6.07) is 15.6. The summed E-state index contributed by atoms with van der Waals surface area (Å²) in [5.41, 5.74) is 1.09. The normalized spacial score (nSPS) is 15.3. The van der Waals surface area contributed by atoms with Crippen LogP contribution in [0.4, 0.5) is 18.9 Å². The lowest BCUT2D eigenvalue weighted by Crippen LogP contribution is -2.46. The summed E-state index contributed by atoms with van der Waals surface area (Å²) in [5, 5.41) is 4.27. The van der Waals surface area contributed by atoms with Gasteiger partial charge in [0.2, 0.25) is 0 Å².